The summed E-state index contributed by atoms with van der Waals surface area (Å²) >= 11 is 0. The van der Waals surface area contributed by atoms with Gasteiger partial charge in [-0.3, -0.25) is 9.10 Å². The predicted octanol–water partition coefficient (Wildman–Crippen LogP) is 2.66. The van der Waals surface area contributed by atoms with Gasteiger partial charge in [0.2, 0.25) is 5.91 Å². The van der Waals surface area contributed by atoms with E-state index in [1.807, 2.05) is 39.8 Å². The second-order valence-corrected chi connectivity index (χ2v) is 6.38. The van der Waals surface area contributed by atoms with Crippen LogP contribution in [0.5, 0.6) is 0 Å². The first kappa shape index (κ1) is 13.9. The molecular weight excluding hydrogens is 234 g/mol. The van der Waals surface area contributed by atoms with Crippen LogP contribution in [-0.4, -0.2) is 20.0 Å². The highest BCUT2D eigenvalue weighted by molar-refractivity contribution is 7.83. The van der Waals surface area contributed by atoms with Gasteiger partial charge in [-0.1, -0.05) is 17.7 Å². The fourth-order valence-electron chi connectivity index (χ4n) is 1.60. The molecule has 17 heavy (non-hydrogen) atoms. The van der Waals surface area contributed by atoms with E-state index >= 15 is 0 Å². The summed E-state index contributed by atoms with van der Waals surface area (Å²) in [6.45, 7) is 9.04. The van der Waals surface area contributed by atoms with Crippen LogP contribution in [0.25, 0.3) is 0 Å². The number of benzene rings is 1. The molecule has 0 radical (unpaired) electrons. The van der Waals surface area contributed by atoms with Crippen LogP contribution in [-0.2, 0) is 15.8 Å². The third kappa shape index (κ3) is 3.40. The topological polar surface area (TPSA) is 37.4 Å². The maximum absolute atomic E-state index is 12.4. The summed E-state index contributed by atoms with van der Waals surface area (Å²) in [5.41, 5.74) is 0.651. The second-order valence-electron chi connectivity index (χ2n) is 5.05. The minimum atomic E-state index is -1.45. The Bertz CT molecular complexity index is 432. The number of carbonyl (C=O) groups is 1. The normalized spacial score (nSPS) is 13.2. The second kappa shape index (κ2) is 5.00. The van der Waals surface area contributed by atoms with Crippen molar-refractivity contribution in [3.63, 3.8) is 0 Å². The fraction of sp³-hybridized carbons (Fsp3) is 0.462. The molecule has 1 amide bonds. The van der Waals surface area contributed by atoms with Crippen LogP contribution >= 0.6 is 0 Å². The zero-order chi connectivity index (χ0) is 13.2. The summed E-state index contributed by atoms with van der Waals surface area (Å²) in [7, 11) is -1.45. The van der Waals surface area contributed by atoms with E-state index in [2.05, 4.69) is 0 Å². The van der Waals surface area contributed by atoms with Crippen molar-refractivity contribution in [2.24, 2.45) is 0 Å². The molecule has 0 bridgehead atoms. The smallest absolute Gasteiger partial charge is 0.231 e. The van der Waals surface area contributed by atoms with E-state index in [-0.39, 0.29) is 5.91 Å². The zero-order valence-corrected chi connectivity index (χ0v) is 11.8. The molecule has 0 saturated carbocycles. The number of aryl methyl sites for hydroxylation is 1. The van der Waals surface area contributed by atoms with E-state index in [0.717, 1.165) is 5.56 Å². The lowest BCUT2D eigenvalue weighted by atomic mass is 10.1. The molecule has 1 atom stereocenters. The number of nitrogens with zero attached hydrogens (tertiary/aromatic N) is 1. The molecule has 0 heterocycles. The Morgan fingerprint density at radius 2 is 1.65 bits per heavy atom. The predicted molar refractivity (Wildman–Crippen MR) is 69.9 cm³/mol. The van der Waals surface area contributed by atoms with Crippen molar-refractivity contribution >= 4 is 16.9 Å². The van der Waals surface area contributed by atoms with Crippen molar-refractivity contribution in [3.8, 4) is 0 Å². The Labute approximate surface area is 105 Å². The minimum absolute atomic E-state index is 0.184. The number of hydrogen-bond acceptors (Lipinski definition) is 2. The quantitative estimate of drug-likeness (QED) is 0.812. The summed E-state index contributed by atoms with van der Waals surface area (Å²) in [4.78, 5) is 12.3. The van der Waals surface area contributed by atoms with Gasteiger partial charge in [0.1, 0.15) is 0 Å². The van der Waals surface area contributed by atoms with Gasteiger partial charge >= 0.3 is 0 Å². The average molecular weight is 253 g/mol. The lowest BCUT2D eigenvalue weighted by molar-refractivity contribution is -0.126. The molecule has 0 aromatic heterocycles. The molecule has 94 valence electrons. The van der Waals surface area contributed by atoms with E-state index in [9.17, 15) is 9.00 Å². The van der Waals surface area contributed by atoms with Gasteiger partial charge in [0.05, 0.1) is 4.90 Å². The van der Waals surface area contributed by atoms with Gasteiger partial charge in [0, 0.05) is 12.5 Å². The fourth-order valence-corrected chi connectivity index (χ4v) is 2.91. The molecule has 0 aliphatic carbocycles. The van der Waals surface area contributed by atoms with Crippen LogP contribution in [0.2, 0.25) is 0 Å². The summed E-state index contributed by atoms with van der Waals surface area (Å²) in [6.07, 6.45) is 0. The van der Waals surface area contributed by atoms with E-state index in [1.54, 1.807) is 12.1 Å². The maximum atomic E-state index is 12.4. The molecule has 0 fully saturated rings. The van der Waals surface area contributed by atoms with Crippen LogP contribution in [0.4, 0.5) is 0 Å². The van der Waals surface area contributed by atoms with Gasteiger partial charge in [0.25, 0.3) is 0 Å². The van der Waals surface area contributed by atoms with Gasteiger partial charge in [-0.05, 0) is 39.8 Å². The standard InChI is InChI=1S/C13H19NO2S/c1-10-6-8-12(9-7-10)17(16)14(11(2)15)13(3,4)5/h6-9H,1-5H3/t17-/m0/s1. The van der Waals surface area contributed by atoms with E-state index in [1.165, 1.54) is 11.2 Å². The highest BCUT2D eigenvalue weighted by atomic mass is 32.2. The van der Waals surface area contributed by atoms with Crippen LogP contribution < -0.4 is 0 Å². The molecule has 1 aromatic carbocycles. The van der Waals surface area contributed by atoms with Gasteiger partial charge in [-0.25, -0.2) is 4.21 Å². The Hall–Kier alpha value is -1.16. The first-order chi connectivity index (χ1) is 7.73. The monoisotopic (exact) mass is 253 g/mol. The number of carbonyl (C=O) groups excluding carboxylic acids is 1. The lowest BCUT2D eigenvalue weighted by Gasteiger charge is -2.33. The highest BCUT2D eigenvalue weighted by Crippen LogP contribution is 2.21. The molecular formula is C13H19NO2S. The zero-order valence-electron chi connectivity index (χ0n) is 11.0. The van der Waals surface area contributed by atoms with Gasteiger partial charge in [-0.15, -0.1) is 0 Å². The first-order valence-electron chi connectivity index (χ1n) is 5.53. The largest absolute Gasteiger partial charge is 0.274 e. The Morgan fingerprint density at radius 3 is 2.00 bits per heavy atom. The van der Waals surface area contributed by atoms with E-state index < -0.39 is 16.5 Å². The molecule has 0 spiro atoms. The number of hydrogen-bond donors (Lipinski definition) is 0. The highest BCUT2D eigenvalue weighted by Gasteiger charge is 2.29. The van der Waals surface area contributed by atoms with E-state index in [4.69, 9.17) is 0 Å². The van der Waals surface area contributed by atoms with Crippen molar-refractivity contribution in [2.45, 2.75) is 45.1 Å². The molecule has 0 aliphatic heterocycles. The third-order valence-corrected chi connectivity index (χ3v) is 4.10. The van der Waals surface area contributed by atoms with Crippen molar-refractivity contribution in [1.29, 1.82) is 0 Å². The molecule has 1 aromatic rings. The number of amides is 1. The summed E-state index contributed by atoms with van der Waals surface area (Å²) in [5.74, 6) is -0.184. The van der Waals surface area contributed by atoms with Crippen molar-refractivity contribution in [3.05, 3.63) is 29.8 Å². The molecule has 4 heteroatoms. The Balaban J connectivity index is 3.09. The van der Waals surface area contributed by atoms with Crippen molar-refractivity contribution in [2.75, 3.05) is 0 Å². The molecule has 3 nitrogen and oxygen atoms in total. The SMILES string of the molecule is CC(=O)N([S@@](=O)c1ccc(C)cc1)C(C)(C)C. The first-order valence-corrected chi connectivity index (χ1v) is 6.63. The third-order valence-electron chi connectivity index (χ3n) is 2.28. The van der Waals surface area contributed by atoms with Crippen molar-refractivity contribution < 1.29 is 9.00 Å². The lowest BCUT2D eigenvalue weighted by Crippen LogP contribution is -2.45. The van der Waals surface area contributed by atoms with Crippen LogP contribution in [0.15, 0.2) is 29.2 Å². The van der Waals surface area contributed by atoms with Gasteiger partial charge in [-0.2, -0.15) is 0 Å². The Kier molecular flexibility index (Phi) is 4.09. The minimum Gasteiger partial charge on any atom is -0.274 e. The molecule has 0 N–H and O–H groups in total. The van der Waals surface area contributed by atoms with Gasteiger partial charge < -0.3 is 0 Å². The van der Waals surface area contributed by atoms with Gasteiger partial charge in [0.15, 0.2) is 11.0 Å². The summed E-state index contributed by atoms with van der Waals surface area (Å²) in [5, 5.41) is 0. The Morgan fingerprint density at radius 1 is 1.18 bits per heavy atom. The van der Waals surface area contributed by atoms with Crippen LogP contribution in [0.3, 0.4) is 0 Å². The molecule has 0 unspecified atom stereocenters. The number of rotatable bonds is 2. The summed E-state index contributed by atoms with van der Waals surface area (Å²) in [6, 6.07) is 7.39. The van der Waals surface area contributed by atoms with Crippen LogP contribution in [0.1, 0.15) is 33.3 Å². The molecule has 1 rings (SSSR count). The van der Waals surface area contributed by atoms with E-state index in [0.29, 0.717) is 4.90 Å². The van der Waals surface area contributed by atoms with Crippen molar-refractivity contribution in [1.82, 2.24) is 4.31 Å². The molecule has 0 saturated heterocycles. The maximum Gasteiger partial charge on any atom is 0.231 e. The summed E-state index contributed by atoms with van der Waals surface area (Å²) < 4.78 is 13.8. The average Bonchev–Trinajstić information content (AvgIpc) is 2.15. The van der Waals surface area contributed by atoms with Crippen LogP contribution in [0, 0.1) is 6.92 Å². The molecule has 0 aliphatic rings.